The summed E-state index contributed by atoms with van der Waals surface area (Å²) in [4.78, 5) is 6.88. The maximum Gasteiger partial charge on any atom is 0.106 e. The van der Waals surface area contributed by atoms with E-state index >= 15 is 0 Å². The van der Waals surface area contributed by atoms with Crippen molar-refractivity contribution >= 4 is 11.3 Å². The third-order valence-corrected chi connectivity index (χ3v) is 3.29. The van der Waals surface area contributed by atoms with Gasteiger partial charge >= 0.3 is 0 Å². The zero-order valence-electron chi connectivity index (χ0n) is 8.20. The number of aromatic nitrogens is 1. The van der Waals surface area contributed by atoms with E-state index in [1.54, 1.807) is 11.3 Å². The molecule has 1 aromatic rings. The lowest BCUT2D eigenvalue weighted by molar-refractivity contribution is 0.231. The van der Waals surface area contributed by atoms with Crippen LogP contribution in [0.3, 0.4) is 0 Å². The molecule has 78 valence electrons. The summed E-state index contributed by atoms with van der Waals surface area (Å²) < 4.78 is 0. The zero-order chi connectivity index (χ0) is 9.80. The van der Waals surface area contributed by atoms with Gasteiger partial charge in [0.1, 0.15) is 5.01 Å². The predicted octanol–water partition coefficient (Wildman–Crippen LogP) is 0.00700. The number of hydrogen-bond acceptors (Lipinski definition) is 5. The topological polar surface area (TPSA) is 54.2 Å². The first-order chi connectivity index (χ1) is 6.88. The summed E-state index contributed by atoms with van der Waals surface area (Å²) in [5.41, 5.74) is 6.68. The van der Waals surface area contributed by atoms with Gasteiger partial charge < -0.3 is 11.1 Å². The van der Waals surface area contributed by atoms with Crippen molar-refractivity contribution in [3.8, 4) is 0 Å². The van der Waals surface area contributed by atoms with Crippen LogP contribution in [0.1, 0.15) is 10.7 Å². The summed E-state index contributed by atoms with van der Waals surface area (Å²) >= 11 is 1.66. The second-order valence-electron chi connectivity index (χ2n) is 3.46. The van der Waals surface area contributed by atoms with Crippen LogP contribution in [-0.2, 0) is 13.1 Å². The quantitative estimate of drug-likeness (QED) is 0.741. The molecule has 1 saturated heterocycles. The van der Waals surface area contributed by atoms with Crippen molar-refractivity contribution in [3.05, 3.63) is 16.1 Å². The summed E-state index contributed by atoms with van der Waals surface area (Å²) in [6.45, 7) is 5.96. The van der Waals surface area contributed by atoms with Crippen molar-refractivity contribution < 1.29 is 0 Å². The second-order valence-corrected chi connectivity index (χ2v) is 4.41. The van der Waals surface area contributed by atoms with E-state index < -0.39 is 0 Å². The van der Waals surface area contributed by atoms with Gasteiger partial charge in [-0.3, -0.25) is 4.90 Å². The van der Waals surface area contributed by atoms with E-state index in [2.05, 4.69) is 20.6 Å². The fourth-order valence-corrected chi connectivity index (χ4v) is 2.28. The normalized spacial score (nSPS) is 18.6. The lowest BCUT2D eigenvalue weighted by Gasteiger charge is -2.26. The Labute approximate surface area is 88.1 Å². The molecule has 2 rings (SSSR count). The second kappa shape index (κ2) is 4.84. The van der Waals surface area contributed by atoms with E-state index in [4.69, 9.17) is 5.73 Å². The van der Waals surface area contributed by atoms with Gasteiger partial charge in [-0.05, 0) is 0 Å². The molecule has 14 heavy (non-hydrogen) atoms. The number of nitrogens with zero attached hydrogens (tertiary/aromatic N) is 2. The molecule has 0 atom stereocenters. The molecule has 0 aromatic carbocycles. The number of rotatable bonds is 3. The Morgan fingerprint density at radius 3 is 2.93 bits per heavy atom. The molecular formula is C9H16N4S. The molecule has 0 amide bonds. The summed E-state index contributed by atoms with van der Waals surface area (Å²) in [5.74, 6) is 0. The van der Waals surface area contributed by atoms with E-state index in [1.165, 1.54) is 0 Å². The highest BCUT2D eigenvalue weighted by Crippen LogP contribution is 2.11. The Morgan fingerprint density at radius 2 is 2.29 bits per heavy atom. The number of thiazole rings is 1. The molecule has 4 nitrogen and oxygen atoms in total. The van der Waals surface area contributed by atoms with Crippen LogP contribution in [-0.4, -0.2) is 36.1 Å². The van der Waals surface area contributed by atoms with Crippen molar-refractivity contribution in [2.45, 2.75) is 13.1 Å². The van der Waals surface area contributed by atoms with E-state index in [-0.39, 0.29) is 0 Å². The average Bonchev–Trinajstić information content (AvgIpc) is 2.67. The molecule has 0 aliphatic carbocycles. The molecule has 0 spiro atoms. The van der Waals surface area contributed by atoms with Gasteiger partial charge in [-0.2, -0.15) is 0 Å². The lowest BCUT2D eigenvalue weighted by atomic mass is 10.3. The van der Waals surface area contributed by atoms with E-state index in [9.17, 15) is 0 Å². The van der Waals surface area contributed by atoms with Gasteiger partial charge in [0.15, 0.2) is 0 Å². The molecule has 1 aliphatic rings. The standard InChI is InChI=1S/C9H16N4S/c10-5-9-12-8(7-14-9)6-13-3-1-11-2-4-13/h7,11H,1-6,10H2. The minimum Gasteiger partial charge on any atom is -0.325 e. The fraction of sp³-hybridized carbons (Fsp3) is 0.667. The molecule has 0 saturated carbocycles. The van der Waals surface area contributed by atoms with Crippen LogP contribution in [0.5, 0.6) is 0 Å². The van der Waals surface area contributed by atoms with Crippen molar-refractivity contribution in [3.63, 3.8) is 0 Å². The highest BCUT2D eigenvalue weighted by molar-refractivity contribution is 7.09. The SMILES string of the molecule is NCc1nc(CN2CCNCC2)cs1. The van der Waals surface area contributed by atoms with Gasteiger partial charge in [0, 0.05) is 44.6 Å². The Morgan fingerprint density at radius 1 is 1.50 bits per heavy atom. The number of hydrogen-bond donors (Lipinski definition) is 2. The van der Waals surface area contributed by atoms with Crippen molar-refractivity contribution in [1.29, 1.82) is 0 Å². The van der Waals surface area contributed by atoms with Crippen molar-refractivity contribution in [2.24, 2.45) is 5.73 Å². The molecule has 1 aliphatic heterocycles. The van der Waals surface area contributed by atoms with Gasteiger partial charge in [0.05, 0.1) is 5.69 Å². The minimum absolute atomic E-state index is 0.562. The molecule has 3 N–H and O–H groups in total. The molecule has 0 radical (unpaired) electrons. The molecule has 2 heterocycles. The van der Waals surface area contributed by atoms with Gasteiger partial charge in [0.2, 0.25) is 0 Å². The third-order valence-electron chi connectivity index (χ3n) is 2.37. The van der Waals surface area contributed by atoms with E-state index in [0.717, 1.165) is 43.4 Å². The van der Waals surface area contributed by atoms with Crippen LogP contribution in [0.15, 0.2) is 5.38 Å². The molecule has 0 bridgehead atoms. The van der Waals surface area contributed by atoms with Crippen LogP contribution in [0.4, 0.5) is 0 Å². The Hall–Kier alpha value is -0.490. The van der Waals surface area contributed by atoms with Crippen molar-refractivity contribution in [1.82, 2.24) is 15.2 Å². The van der Waals surface area contributed by atoms with Gasteiger partial charge in [0.25, 0.3) is 0 Å². The van der Waals surface area contributed by atoms with Gasteiger partial charge in [-0.25, -0.2) is 4.98 Å². The van der Waals surface area contributed by atoms with Gasteiger partial charge in [-0.1, -0.05) is 0 Å². The summed E-state index contributed by atoms with van der Waals surface area (Å²) in [5, 5.41) is 6.49. The molecular weight excluding hydrogens is 196 g/mol. The monoisotopic (exact) mass is 212 g/mol. The number of nitrogens with two attached hydrogens (primary N) is 1. The average molecular weight is 212 g/mol. The first kappa shape index (κ1) is 10.0. The number of nitrogens with one attached hydrogen (secondary N) is 1. The highest BCUT2D eigenvalue weighted by atomic mass is 32.1. The molecule has 0 unspecified atom stereocenters. The van der Waals surface area contributed by atoms with E-state index in [0.29, 0.717) is 6.54 Å². The van der Waals surface area contributed by atoms with Crippen LogP contribution in [0.25, 0.3) is 0 Å². The van der Waals surface area contributed by atoms with Crippen LogP contribution < -0.4 is 11.1 Å². The Bertz CT molecular complexity index is 280. The largest absolute Gasteiger partial charge is 0.325 e. The first-order valence-corrected chi connectivity index (χ1v) is 5.83. The summed E-state index contributed by atoms with van der Waals surface area (Å²) in [6.07, 6.45) is 0. The third kappa shape index (κ3) is 2.51. The molecule has 1 fully saturated rings. The van der Waals surface area contributed by atoms with E-state index in [1.807, 2.05) is 0 Å². The number of piperazine rings is 1. The highest BCUT2D eigenvalue weighted by Gasteiger charge is 2.11. The van der Waals surface area contributed by atoms with Crippen LogP contribution in [0, 0.1) is 0 Å². The predicted molar refractivity (Wildman–Crippen MR) is 58.2 cm³/mol. The molecule has 5 heteroatoms. The first-order valence-electron chi connectivity index (χ1n) is 4.95. The van der Waals surface area contributed by atoms with Gasteiger partial charge in [-0.15, -0.1) is 11.3 Å². The lowest BCUT2D eigenvalue weighted by Crippen LogP contribution is -2.42. The smallest absolute Gasteiger partial charge is 0.106 e. The summed E-state index contributed by atoms with van der Waals surface area (Å²) in [6, 6.07) is 0. The Balaban J connectivity index is 1.89. The fourth-order valence-electron chi connectivity index (χ4n) is 1.61. The zero-order valence-corrected chi connectivity index (χ0v) is 9.02. The Kier molecular flexibility index (Phi) is 3.47. The summed E-state index contributed by atoms with van der Waals surface area (Å²) in [7, 11) is 0. The maximum atomic E-state index is 5.52. The van der Waals surface area contributed by atoms with Crippen molar-refractivity contribution in [2.75, 3.05) is 26.2 Å². The van der Waals surface area contributed by atoms with Crippen LogP contribution in [0.2, 0.25) is 0 Å². The molecule has 1 aromatic heterocycles. The van der Waals surface area contributed by atoms with Crippen LogP contribution >= 0.6 is 11.3 Å². The maximum absolute atomic E-state index is 5.52. The minimum atomic E-state index is 0.562.